The van der Waals surface area contributed by atoms with Crippen LogP contribution in [0.15, 0.2) is 158 Å². The highest BCUT2D eigenvalue weighted by atomic mass is 31.2. The van der Waals surface area contributed by atoms with E-state index in [0.29, 0.717) is 38.5 Å². The van der Waals surface area contributed by atoms with E-state index in [1.165, 1.54) is 32.1 Å². The minimum absolute atomic E-state index is 0.0334. The number of carbonyl (C=O) groups excluding carboxylic acids is 4. The minimum atomic E-state index is -5.00. The Labute approximate surface area is 617 Å². The molecule has 0 fully saturated rings. The molecule has 102 heavy (non-hydrogen) atoms. The Kier molecular flexibility index (Phi) is 70.1. The van der Waals surface area contributed by atoms with Crippen molar-refractivity contribution in [2.24, 2.45) is 0 Å². The second-order valence-electron chi connectivity index (χ2n) is 25.2. The Bertz CT molecular complexity index is 2550. The molecule has 0 saturated carbocycles. The highest BCUT2D eigenvalue weighted by molar-refractivity contribution is 7.47. The average Bonchev–Trinajstić information content (AvgIpc) is 0.926. The van der Waals surface area contributed by atoms with Crippen LogP contribution in [0.25, 0.3) is 0 Å². The first-order chi connectivity index (χ1) is 49.7. The molecule has 0 aliphatic carbocycles. The lowest BCUT2D eigenvalue weighted by Crippen LogP contribution is -2.30. The first-order valence-electron chi connectivity index (χ1n) is 38.7. The Morgan fingerprint density at radius 1 is 0.284 bits per heavy atom. The van der Waals surface area contributed by atoms with Crippen LogP contribution >= 0.6 is 15.6 Å². The summed E-state index contributed by atoms with van der Waals surface area (Å²) in [6, 6.07) is 0. The van der Waals surface area contributed by atoms with Gasteiger partial charge in [0.05, 0.1) is 26.4 Å². The fourth-order valence-corrected chi connectivity index (χ4v) is 11.2. The van der Waals surface area contributed by atoms with Crippen molar-refractivity contribution in [2.45, 2.75) is 303 Å². The van der Waals surface area contributed by atoms with Crippen LogP contribution in [0.1, 0.15) is 285 Å². The van der Waals surface area contributed by atoms with Gasteiger partial charge in [-0.3, -0.25) is 37.3 Å². The Morgan fingerprint density at radius 2 is 0.529 bits per heavy atom. The van der Waals surface area contributed by atoms with Crippen molar-refractivity contribution in [3.63, 3.8) is 0 Å². The maximum absolute atomic E-state index is 13.1. The summed E-state index contributed by atoms with van der Waals surface area (Å²) in [6.07, 6.45) is 85.3. The molecule has 0 rings (SSSR count). The van der Waals surface area contributed by atoms with Gasteiger partial charge in [-0.25, -0.2) is 9.13 Å². The lowest BCUT2D eigenvalue weighted by Gasteiger charge is -2.21. The molecule has 17 nitrogen and oxygen atoms in total. The monoisotopic (exact) mass is 1470 g/mol. The largest absolute Gasteiger partial charge is 0.472 e. The molecule has 0 aromatic carbocycles. The maximum Gasteiger partial charge on any atom is 0.472 e. The van der Waals surface area contributed by atoms with Crippen molar-refractivity contribution in [3.05, 3.63) is 158 Å². The normalized spacial score (nSPS) is 14.8. The SMILES string of the molecule is CC/C=C\C/C=C\C/C=C\C/C=C\C/C=C\CCCC(=O)OCC(COP(=O)(O)OCC(O)COP(=O)(O)OCC(COC(=O)CCCCCCCC/C=C\C/C=C\C/C=C\CCCCC)OC(=O)CCCC/C=C\C/C=C\C/C=C\C/C=C\CC)OC(=O)CCCCCCC/C=C\CCCC. The Hall–Kier alpha value is -5.32. The summed E-state index contributed by atoms with van der Waals surface area (Å²) in [5.41, 5.74) is 0. The molecule has 5 unspecified atom stereocenters. The van der Waals surface area contributed by atoms with Gasteiger partial charge in [-0.2, -0.15) is 0 Å². The van der Waals surface area contributed by atoms with E-state index >= 15 is 0 Å². The van der Waals surface area contributed by atoms with Crippen LogP contribution in [0.3, 0.4) is 0 Å². The summed E-state index contributed by atoms with van der Waals surface area (Å²) >= 11 is 0. The van der Waals surface area contributed by atoms with Gasteiger partial charge in [-0.15, -0.1) is 0 Å². The van der Waals surface area contributed by atoms with Crippen LogP contribution in [0.5, 0.6) is 0 Å². The average molecular weight is 1470 g/mol. The highest BCUT2D eigenvalue weighted by Crippen LogP contribution is 2.45. The Morgan fingerprint density at radius 3 is 0.882 bits per heavy atom. The number of phosphoric acid groups is 2. The van der Waals surface area contributed by atoms with E-state index in [-0.39, 0.29) is 25.7 Å². The number of allylic oxidation sites excluding steroid dienone is 26. The summed E-state index contributed by atoms with van der Waals surface area (Å²) < 4.78 is 68.4. The van der Waals surface area contributed by atoms with E-state index < -0.39 is 97.5 Å². The predicted molar refractivity (Wildman–Crippen MR) is 417 cm³/mol. The van der Waals surface area contributed by atoms with Crippen molar-refractivity contribution in [1.82, 2.24) is 0 Å². The summed E-state index contributed by atoms with van der Waals surface area (Å²) in [6.45, 7) is 4.42. The molecular formula is C83H136O17P2. The van der Waals surface area contributed by atoms with E-state index in [1.54, 1.807) is 0 Å². The summed E-state index contributed by atoms with van der Waals surface area (Å²) in [5, 5.41) is 10.6. The molecular weight excluding hydrogens is 1330 g/mol. The molecule has 580 valence electrons. The number of phosphoric ester groups is 2. The van der Waals surface area contributed by atoms with Gasteiger partial charge < -0.3 is 33.8 Å². The van der Waals surface area contributed by atoms with Crippen LogP contribution in [0.2, 0.25) is 0 Å². The van der Waals surface area contributed by atoms with E-state index in [9.17, 15) is 43.2 Å². The molecule has 0 radical (unpaired) electrons. The molecule has 5 atom stereocenters. The smallest absolute Gasteiger partial charge is 0.462 e. The second kappa shape index (κ2) is 74.0. The molecule has 3 N–H and O–H groups in total. The summed E-state index contributed by atoms with van der Waals surface area (Å²) in [5.74, 6) is -2.33. The number of rotatable bonds is 71. The molecule has 0 bridgehead atoms. The van der Waals surface area contributed by atoms with Gasteiger partial charge >= 0.3 is 39.5 Å². The lowest BCUT2D eigenvalue weighted by atomic mass is 10.1. The van der Waals surface area contributed by atoms with Crippen LogP contribution in [-0.2, 0) is 65.4 Å². The summed E-state index contributed by atoms with van der Waals surface area (Å²) in [7, 11) is -10.00. The third-order valence-electron chi connectivity index (χ3n) is 15.5. The van der Waals surface area contributed by atoms with E-state index in [4.69, 9.17) is 37.0 Å². The first-order valence-corrected chi connectivity index (χ1v) is 41.7. The zero-order valence-electron chi connectivity index (χ0n) is 63.2. The molecule has 0 heterocycles. The molecule has 0 aromatic rings. The molecule has 0 aromatic heterocycles. The van der Waals surface area contributed by atoms with Crippen molar-refractivity contribution in [3.8, 4) is 0 Å². The van der Waals surface area contributed by atoms with Gasteiger partial charge in [0, 0.05) is 25.7 Å². The van der Waals surface area contributed by atoms with Crippen LogP contribution in [0, 0.1) is 0 Å². The first kappa shape index (κ1) is 96.7. The van der Waals surface area contributed by atoms with E-state index in [2.05, 4.69) is 174 Å². The predicted octanol–water partition coefficient (Wildman–Crippen LogP) is 22.4. The zero-order valence-corrected chi connectivity index (χ0v) is 65.0. The number of hydrogen-bond donors (Lipinski definition) is 3. The van der Waals surface area contributed by atoms with Gasteiger partial charge in [0.15, 0.2) is 12.2 Å². The third kappa shape index (κ3) is 73.0. The number of ether oxygens (including phenoxy) is 4. The fraction of sp³-hybridized carbons (Fsp3) is 0.639. The van der Waals surface area contributed by atoms with Crippen molar-refractivity contribution >= 4 is 39.5 Å². The molecule has 0 aliphatic heterocycles. The topological polar surface area (TPSA) is 237 Å². The van der Waals surface area contributed by atoms with Crippen LogP contribution < -0.4 is 0 Å². The number of unbranched alkanes of at least 4 members (excludes halogenated alkanes) is 19. The van der Waals surface area contributed by atoms with Gasteiger partial charge in [-0.05, 0) is 161 Å². The minimum Gasteiger partial charge on any atom is -0.462 e. The number of carbonyl (C=O) groups is 4. The van der Waals surface area contributed by atoms with Gasteiger partial charge in [0.2, 0.25) is 0 Å². The zero-order chi connectivity index (χ0) is 74.6. The molecule has 0 spiro atoms. The van der Waals surface area contributed by atoms with E-state index in [0.717, 1.165) is 161 Å². The lowest BCUT2D eigenvalue weighted by molar-refractivity contribution is -0.161. The molecule has 0 saturated heterocycles. The third-order valence-corrected chi connectivity index (χ3v) is 17.4. The molecule has 19 heteroatoms. The van der Waals surface area contributed by atoms with Gasteiger partial charge in [0.25, 0.3) is 0 Å². The van der Waals surface area contributed by atoms with E-state index in [1.807, 2.05) is 12.2 Å². The fourth-order valence-electron chi connectivity index (χ4n) is 9.59. The standard InChI is InChI=1S/C83H136O17P2/c1-5-9-13-17-21-25-29-32-35-37-38-40-43-45-49-52-56-60-64-68-81(86)94-74-79(100-83(88)70-66-62-58-54-50-46-41-34-31-27-23-19-15-11-7-3)76-98-102(91,92)96-72-77(84)71-95-101(89,90)97-75-78(99-82(87)69-65-61-57-53-47-28-24-20-16-12-8-4)73-93-80(85)67-63-59-55-51-48-44-42-39-36-33-30-26-22-18-14-10-6-2/h10-11,14-15,20-27,32-36,38,40-42,44,50-51,54-55,77-79,84H,5-9,12-13,16-19,28-31,37,39,43,45-49,52-53,56-76H2,1-4H3,(H,89,90)(H,91,92)/b14-10-,15-11-,24-20-,25-21-,26-22-,27-23-,35-32-,36-33-,40-38-,41-34-,44-42-,54-50-,55-51-. The molecule has 0 amide bonds. The molecule has 0 aliphatic rings. The number of aliphatic hydroxyl groups excluding tert-OH is 1. The van der Waals surface area contributed by atoms with Crippen LogP contribution in [0.4, 0.5) is 0 Å². The number of esters is 4. The quantitative estimate of drug-likeness (QED) is 0.0169. The maximum atomic E-state index is 13.1. The van der Waals surface area contributed by atoms with Crippen molar-refractivity contribution in [1.29, 1.82) is 0 Å². The number of aliphatic hydroxyl groups is 1. The van der Waals surface area contributed by atoms with Crippen molar-refractivity contribution < 1.29 is 80.2 Å². The highest BCUT2D eigenvalue weighted by Gasteiger charge is 2.30. The van der Waals surface area contributed by atoms with Gasteiger partial charge in [-0.1, -0.05) is 256 Å². The van der Waals surface area contributed by atoms with Crippen molar-refractivity contribution in [2.75, 3.05) is 39.6 Å². The second-order valence-corrected chi connectivity index (χ2v) is 28.1. The van der Waals surface area contributed by atoms with Gasteiger partial charge in [0.1, 0.15) is 19.3 Å². The summed E-state index contributed by atoms with van der Waals surface area (Å²) in [4.78, 5) is 72.9. The van der Waals surface area contributed by atoms with Crippen LogP contribution in [-0.4, -0.2) is 96.7 Å². The Balaban J connectivity index is 5.43. The number of hydrogen-bond acceptors (Lipinski definition) is 15.